The molecule has 154 valence electrons. The van der Waals surface area contributed by atoms with Gasteiger partial charge < -0.3 is 14.9 Å². The zero-order chi connectivity index (χ0) is 19.8. The predicted octanol–water partition coefficient (Wildman–Crippen LogP) is 2.71. The molecule has 3 saturated heterocycles. The summed E-state index contributed by atoms with van der Waals surface area (Å²) in [5, 5.41) is 12.4. The lowest BCUT2D eigenvalue weighted by Crippen LogP contribution is -2.61. The van der Waals surface area contributed by atoms with Gasteiger partial charge in [-0.15, -0.1) is 0 Å². The minimum absolute atomic E-state index is 0.115. The third-order valence-corrected chi connectivity index (χ3v) is 7.13. The molecule has 1 aromatic carbocycles. The van der Waals surface area contributed by atoms with E-state index in [4.69, 9.17) is 0 Å². The van der Waals surface area contributed by atoms with E-state index in [2.05, 4.69) is 34.1 Å². The van der Waals surface area contributed by atoms with Crippen molar-refractivity contribution in [1.82, 2.24) is 19.7 Å². The first-order chi connectivity index (χ1) is 14.1. The molecule has 0 unspecified atom stereocenters. The van der Waals surface area contributed by atoms with Gasteiger partial charge in [0, 0.05) is 63.3 Å². The molecule has 2 aromatic rings. The van der Waals surface area contributed by atoms with Crippen molar-refractivity contribution in [2.45, 2.75) is 37.8 Å². The van der Waals surface area contributed by atoms with Crippen LogP contribution < -0.4 is 0 Å². The average molecular weight is 395 g/mol. The van der Waals surface area contributed by atoms with Crippen molar-refractivity contribution >= 4 is 16.9 Å². The van der Waals surface area contributed by atoms with Crippen molar-refractivity contribution < 1.29 is 9.90 Å². The van der Waals surface area contributed by atoms with E-state index in [0.29, 0.717) is 19.5 Å². The quantitative estimate of drug-likeness (QED) is 0.851. The van der Waals surface area contributed by atoms with Gasteiger partial charge in [0.25, 0.3) is 0 Å². The molecule has 3 aliphatic heterocycles. The first-order valence-electron chi connectivity index (χ1n) is 10.9. The number of benzene rings is 1. The largest absolute Gasteiger partial charge is 0.389 e. The Morgan fingerprint density at radius 1 is 1.03 bits per heavy atom. The number of likely N-dealkylation sites (tertiary alicyclic amines) is 3. The van der Waals surface area contributed by atoms with E-state index < -0.39 is 5.60 Å². The van der Waals surface area contributed by atoms with Gasteiger partial charge >= 0.3 is 6.03 Å². The number of nitrogens with zero attached hydrogens (tertiary/aromatic N) is 4. The van der Waals surface area contributed by atoms with Crippen molar-refractivity contribution in [3.05, 3.63) is 42.1 Å². The Kier molecular flexibility index (Phi) is 4.92. The van der Waals surface area contributed by atoms with E-state index in [9.17, 15) is 9.90 Å². The molecule has 3 aliphatic rings. The second kappa shape index (κ2) is 7.58. The Morgan fingerprint density at radius 2 is 1.86 bits per heavy atom. The molecule has 1 aromatic heterocycles. The Morgan fingerprint density at radius 3 is 2.72 bits per heavy atom. The number of aliphatic hydroxyl groups is 1. The van der Waals surface area contributed by atoms with Gasteiger partial charge in [0.2, 0.25) is 0 Å². The summed E-state index contributed by atoms with van der Waals surface area (Å²) in [5.74, 6) is 0.115. The number of hydrogen-bond donors (Lipinski definition) is 1. The Hall–Kier alpha value is -2.18. The summed E-state index contributed by atoms with van der Waals surface area (Å²) < 4.78 is 0. The van der Waals surface area contributed by atoms with Crippen LogP contribution in [0.5, 0.6) is 0 Å². The van der Waals surface area contributed by atoms with Crippen LogP contribution in [0.25, 0.3) is 10.9 Å². The Balaban J connectivity index is 1.29. The van der Waals surface area contributed by atoms with E-state index >= 15 is 0 Å². The summed E-state index contributed by atoms with van der Waals surface area (Å²) in [6, 6.07) is 10.6. The van der Waals surface area contributed by atoms with Gasteiger partial charge in [0.15, 0.2) is 0 Å². The van der Waals surface area contributed by atoms with Gasteiger partial charge in [0.1, 0.15) is 0 Å². The summed E-state index contributed by atoms with van der Waals surface area (Å²) in [7, 11) is 0. The number of amides is 2. The maximum absolute atomic E-state index is 12.8. The molecule has 29 heavy (non-hydrogen) atoms. The van der Waals surface area contributed by atoms with Gasteiger partial charge in [-0.2, -0.15) is 0 Å². The van der Waals surface area contributed by atoms with E-state index in [0.717, 1.165) is 57.5 Å². The first-order valence-corrected chi connectivity index (χ1v) is 10.9. The lowest BCUT2D eigenvalue weighted by molar-refractivity contribution is -0.108. The molecule has 6 heteroatoms. The second-order valence-electron chi connectivity index (χ2n) is 8.95. The van der Waals surface area contributed by atoms with Crippen LogP contribution >= 0.6 is 0 Å². The molecule has 4 heterocycles. The van der Waals surface area contributed by atoms with E-state index in [1.165, 1.54) is 10.9 Å². The van der Waals surface area contributed by atoms with Crippen LogP contribution in [0.15, 0.2) is 36.5 Å². The fourth-order valence-electron chi connectivity index (χ4n) is 5.34. The number of urea groups is 1. The molecule has 2 amide bonds. The fraction of sp³-hybridized carbons (Fsp3) is 0.565. The van der Waals surface area contributed by atoms with Crippen molar-refractivity contribution in [3.8, 4) is 0 Å². The molecule has 0 aliphatic carbocycles. The zero-order valence-corrected chi connectivity index (χ0v) is 17.0. The molecule has 6 nitrogen and oxygen atoms in total. The van der Waals surface area contributed by atoms with Gasteiger partial charge in [-0.05, 0) is 43.4 Å². The highest BCUT2D eigenvalue weighted by Gasteiger charge is 2.46. The highest BCUT2D eigenvalue weighted by Crippen LogP contribution is 2.36. The average Bonchev–Trinajstić information content (AvgIpc) is 3.28. The maximum Gasteiger partial charge on any atom is 0.320 e. The molecule has 0 bridgehead atoms. The zero-order valence-electron chi connectivity index (χ0n) is 17.0. The molecule has 1 N–H and O–H groups in total. The van der Waals surface area contributed by atoms with E-state index in [1.54, 1.807) is 0 Å². The smallest absolute Gasteiger partial charge is 0.320 e. The third kappa shape index (κ3) is 3.60. The minimum atomic E-state index is -0.626. The van der Waals surface area contributed by atoms with Crippen LogP contribution in [0.3, 0.4) is 0 Å². The molecule has 3 fully saturated rings. The molecule has 0 saturated carbocycles. The summed E-state index contributed by atoms with van der Waals surface area (Å²) in [4.78, 5) is 23.7. The first kappa shape index (κ1) is 18.8. The number of rotatable bonds is 2. The topological polar surface area (TPSA) is 59.9 Å². The normalized spacial score (nSPS) is 28.0. The number of hydrogen-bond acceptors (Lipinski definition) is 4. The van der Waals surface area contributed by atoms with E-state index in [1.807, 2.05) is 22.1 Å². The minimum Gasteiger partial charge on any atom is -0.389 e. The van der Waals surface area contributed by atoms with Crippen molar-refractivity contribution in [2.24, 2.45) is 5.92 Å². The van der Waals surface area contributed by atoms with Gasteiger partial charge in [0.05, 0.1) is 11.1 Å². The molecular formula is C23H30N4O2. The van der Waals surface area contributed by atoms with Crippen LogP contribution in [0.4, 0.5) is 4.79 Å². The summed E-state index contributed by atoms with van der Waals surface area (Å²) >= 11 is 0. The third-order valence-electron chi connectivity index (χ3n) is 7.13. The number of carbonyl (C=O) groups is 1. The molecule has 0 spiro atoms. The highest BCUT2D eigenvalue weighted by molar-refractivity contribution is 5.81. The molecule has 2 atom stereocenters. The van der Waals surface area contributed by atoms with Crippen molar-refractivity contribution in [1.29, 1.82) is 0 Å². The lowest BCUT2D eigenvalue weighted by atomic mass is 9.75. The number of pyridine rings is 1. The number of carbonyl (C=O) groups excluding carboxylic acids is 1. The van der Waals surface area contributed by atoms with E-state index in [-0.39, 0.29) is 11.9 Å². The van der Waals surface area contributed by atoms with Gasteiger partial charge in [-0.1, -0.05) is 18.2 Å². The summed E-state index contributed by atoms with van der Waals surface area (Å²) in [6.45, 7) is 5.68. The Bertz CT molecular complexity index is 892. The number of piperidine rings is 2. The van der Waals surface area contributed by atoms with Crippen LogP contribution in [0.2, 0.25) is 0 Å². The second-order valence-corrected chi connectivity index (χ2v) is 8.95. The Labute approximate surface area is 172 Å². The van der Waals surface area contributed by atoms with Crippen LogP contribution in [0.1, 0.15) is 31.2 Å². The molecule has 0 radical (unpaired) electrons. The molecular weight excluding hydrogens is 364 g/mol. The standard InChI is InChI=1S/C23H30N4O2/c28-22(26-11-1-2-12-26)27-14-9-23(29)8-13-25(16-19(23)17-27)15-18-5-3-7-21-20(18)6-4-10-24-21/h3-7,10,19,29H,1-2,8-9,11-17H2/t19-,23-/m1/s1. The fourth-order valence-corrected chi connectivity index (χ4v) is 5.34. The summed E-state index contributed by atoms with van der Waals surface area (Å²) in [5.41, 5.74) is 1.68. The summed E-state index contributed by atoms with van der Waals surface area (Å²) in [6.07, 6.45) is 5.54. The molecule has 5 rings (SSSR count). The van der Waals surface area contributed by atoms with Crippen molar-refractivity contribution in [3.63, 3.8) is 0 Å². The van der Waals surface area contributed by atoms with Crippen LogP contribution in [-0.4, -0.2) is 75.7 Å². The predicted molar refractivity (Wildman–Crippen MR) is 112 cm³/mol. The maximum atomic E-state index is 12.8. The highest BCUT2D eigenvalue weighted by atomic mass is 16.3. The van der Waals surface area contributed by atoms with Crippen LogP contribution in [0, 0.1) is 5.92 Å². The van der Waals surface area contributed by atoms with Crippen LogP contribution in [-0.2, 0) is 6.54 Å². The number of fused-ring (bicyclic) bond motifs is 2. The van der Waals surface area contributed by atoms with Crippen molar-refractivity contribution in [2.75, 3.05) is 39.3 Å². The SMILES string of the molecule is O=C(N1CCCC1)N1CC[C@]2(O)CCN(Cc3cccc4ncccc34)C[C@@H]2C1. The number of aromatic nitrogens is 1. The van der Waals surface area contributed by atoms with Gasteiger partial charge in [-0.3, -0.25) is 9.88 Å². The lowest BCUT2D eigenvalue weighted by Gasteiger charge is -2.50. The van der Waals surface area contributed by atoms with Gasteiger partial charge in [-0.25, -0.2) is 4.79 Å². The monoisotopic (exact) mass is 394 g/mol.